The van der Waals surface area contributed by atoms with E-state index in [0.717, 1.165) is 35.4 Å². The molecule has 0 saturated carbocycles. The zero-order valence-electron chi connectivity index (χ0n) is 13.4. The summed E-state index contributed by atoms with van der Waals surface area (Å²) in [4.78, 5) is 20.4. The number of aryl methyl sites for hydroxylation is 2. The maximum absolute atomic E-state index is 11.6. The summed E-state index contributed by atoms with van der Waals surface area (Å²) in [5.74, 6) is -0.969. The number of hydrogen-bond acceptors (Lipinski definition) is 4. The fourth-order valence-corrected chi connectivity index (χ4v) is 3.19. The second-order valence-corrected chi connectivity index (χ2v) is 7.99. The van der Waals surface area contributed by atoms with Crippen LogP contribution in [0.1, 0.15) is 48.8 Å². The molecule has 0 amide bonds. The summed E-state index contributed by atoms with van der Waals surface area (Å²) >= 11 is 2.08. The number of carboxylic acid groups (broad SMARTS) is 1. The van der Waals surface area contributed by atoms with Crippen molar-refractivity contribution in [1.82, 2.24) is 19.7 Å². The number of carbonyl (C=O) groups is 1. The number of nitrogens with zero attached hydrogens (tertiary/aromatic N) is 4. The highest BCUT2D eigenvalue weighted by Gasteiger charge is 2.29. The number of hydrogen-bond donors (Lipinski definition) is 1. The number of aromatic carboxylic acids is 1. The summed E-state index contributed by atoms with van der Waals surface area (Å²) in [5, 5.41) is 13.9. The average molecular weight is 426 g/mol. The van der Waals surface area contributed by atoms with Crippen molar-refractivity contribution in [2.45, 2.75) is 46.6 Å². The summed E-state index contributed by atoms with van der Waals surface area (Å²) in [7, 11) is 0. The lowest BCUT2D eigenvalue weighted by Crippen LogP contribution is -2.15. The number of aromatic nitrogens is 4. The van der Waals surface area contributed by atoms with E-state index in [-0.39, 0.29) is 11.1 Å². The van der Waals surface area contributed by atoms with Gasteiger partial charge in [-0.3, -0.25) is 4.68 Å². The molecule has 0 bridgehead atoms. The second kappa shape index (κ2) is 5.85. The van der Waals surface area contributed by atoms with Crippen molar-refractivity contribution in [3.8, 4) is 11.4 Å². The molecule has 1 aliphatic rings. The van der Waals surface area contributed by atoms with Crippen LogP contribution in [0.3, 0.4) is 0 Å². The molecule has 0 atom stereocenters. The van der Waals surface area contributed by atoms with E-state index < -0.39 is 5.97 Å². The minimum absolute atomic E-state index is 0.153. The van der Waals surface area contributed by atoms with Crippen molar-refractivity contribution >= 4 is 28.6 Å². The predicted molar refractivity (Wildman–Crippen MR) is 94.4 cm³/mol. The standard InChI is InChI=1S/C16H19IN4O2/c1-16(2,3)6-7-21-13-10(12(20-21)14(22)23)5-4-9-8-18-15(17)19-11(9)13/h8H,4-7H2,1-3H3,(H,22,23). The fraction of sp³-hybridized carbons (Fsp3) is 0.500. The van der Waals surface area contributed by atoms with E-state index in [1.165, 1.54) is 0 Å². The molecule has 2 heterocycles. The average Bonchev–Trinajstić information content (AvgIpc) is 2.83. The quantitative estimate of drug-likeness (QED) is 0.603. The molecule has 0 radical (unpaired) electrons. The Morgan fingerprint density at radius 1 is 1.39 bits per heavy atom. The molecule has 6 nitrogen and oxygen atoms in total. The van der Waals surface area contributed by atoms with Crippen molar-refractivity contribution in [3.63, 3.8) is 0 Å². The van der Waals surface area contributed by atoms with Crippen LogP contribution in [0.2, 0.25) is 0 Å². The SMILES string of the molecule is CC(C)(C)CCn1nc(C(=O)O)c2c1-c1nc(I)ncc1CC2. The van der Waals surface area contributed by atoms with E-state index >= 15 is 0 Å². The lowest BCUT2D eigenvalue weighted by molar-refractivity contribution is 0.0688. The number of halogens is 1. The van der Waals surface area contributed by atoms with Crippen LogP contribution in [0.5, 0.6) is 0 Å². The van der Waals surface area contributed by atoms with E-state index in [1.54, 1.807) is 0 Å². The molecule has 0 fully saturated rings. The Hall–Kier alpha value is -1.51. The molecule has 0 saturated heterocycles. The molecule has 2 aromatic rings. The van der Waals surface area contributed by atoms with Crippen molar-refractivity contribution in [1.29, 1.82) is 0 Å². The molecule has 2 aromatic heterocycles. The molecular formula is C16H19IN4O2. The van der Waals surface area contributed by atoms with Crippen LogP contribution in [0.15, 0.2) is 6.20 Å². The molecule has 0 spiro atoms. The summed E-state index contributed by atoms with van der Waals surface area (Å²) < 4.78 is 2.49. The van der Waals surface area contributed by atoms with Crippen LogP contribution in [0.25, 0.3) is 11.4 Å². The van der Waals surface area contributed by atoms with Crippen LogP contribution in [-0.4, -0.2) is 30.8 Å². The van der Waals surface area contributed by atoms with E-state index in [0.29, 0.717) is 16.8 Å². The van der Waals surface area contributed by atoms with Crippen molar-refractivity contribution in [2.75, 3.05) is 0 Å². The lowest BCUT2D eigenvalue weighted by Gasteiger charge is -2.21. The van der Waals surface area contributed by atoms with Gasteiger partial charge in [-0.25, -0.2) is 14.8 Å². The van der Waals surface area contributed by atoms with Gasteiger partial charge >= 0.3 is 5.97 Å². The van der Waals surface area contributed by atoms with Gasteiger partial charge in [0.2, 0.25) is 0 Å². The maximum Gasteiger partial charge on any atom is 0.356 e. The number of carboxylic acids is 1. The number of fused-ring (bicyclic) bond motifs is 3. The van der Waals surface area contributed by atoms with Crippen molar-refractivity contribution in [2.24, 2.45) is 5.41 Å². The first-order valence-electron chi connectivity index (χ1n) is 7.61. The molecule has 3 rings (SSSR count). The number of rotatable bonds is 3. The zero-order valence-corrected chi connectivity index (χ0v) is 15.6. The van der Waals surface area contributed by atoms with Crippen LogP contribution < -0.4 is 0 Å². The molecule has 0 aliphatic heterocycles. The van der Waals surface area contributed by atoms with Gasteiger partial charge in [-0.05, 0) is 30.2 Å². The summed E-state index contributed by atoms with van der Waals surface area (Å²) in [6.45, 7) is 7.18. The molecular weight excluding hydrogens is 407 g/mol. The Kier molecular flexibility index (Phi) is 4.16. The smallest absolute Gasteiger partial charge is 0.356 e. The van der Waals surface area contributed by atoms with Gasteiger partial charge < -0.3 is 5.11 Å². The van der Waals surface area contributed by atoms with Crippen molar-refractivity contribution in [3.05, 3.63) is 26.8 Å². The highest BCUT2D eigenvalue weighted by molar-refractivity contribution is 14.1. The lowest BCUT2D eigenvalue weighted by atomic mass is 9.91. The topological polar surface area (TPSA) is 80.9 Å². The normalized spacial score (nSPS) is 13.6. The van der Waals surface area contributed by atoms with Gasteiger partial charge in [0.25, 0.3) is 0 Å². The first-order chi connectivity index (χ1) is 10.8. The third-order valence-electron chi connectivity index (χ3n) is 4.03. The van der Waals surface area contributed by atoms with E-state index in [2.05, 4.69) is 58.4 Å². The zero-order chi connectivity index (χ0) is 16.8. The first kappa shape index (κ1) is 16.4. The van der Waals surface area contributed by atoms with Crippen molar-refractivity contribution < 1.29 is 9.90 Å². The van der Waals surface area contributed by atoms with Gasteiger partial charge in [0.1, 0.15) is 0 Å². The van der Waals surface area contributed by atoms with E-state index in [1.807, 2.05) is 10.9 Å². The molecule has 0 aromatic carbocycles. The highest BCUT2D eigenvalue weighted by atomic mass is 127. The minimum atomic E-state index is -0.969. The summed E-state index contributed by atoms with van der Waals surface area (Å²) in [6, 6.07) is 0. The molecule has 0 unspecified atom stereocenters. The van der Waals surface area contributed by atoms with Gasteiger partial charge in [-0.2, -0.15) is 5.10 Å². The molecule has 23 heavy (non-hydrogen) atoms. The Morgan fingerprint density at radius 3 is 2.78 bits per heavy atom. The molecule has 1 N–H and O–H groups in total. The Balaban J connectivity index is 2.13. The van der Waals surface area contributed by atoms with Gasteiger partial charge in [0.05, 0.1) is 11.4 Å². The minimum Gasteiger partial charge on any atom is -0.476 e. The highest BCUT2D eigenvalue weighted by Crippen LogP contribution is 2.35. The second-order valence-electron chi connectivity index (χ2n) is 7.03. The molecule has 7 heteroatoms. The van der Waals surface area contributed by atoms with E-state index in [4.69, 9.17) is 0 Å². The predicted octanol–water partition coefficient (Wildman–Crippen LogP) is 3.18. The van der Waals surface area contributed by atoms with Gasteiger partial charge in [0, 0.05) is 40.9 Å². The van der Waals surface area contributed by atoms with Crippen LogP contribution in [0, 0.1) is 9.25 Å². The van der Waals surface area contributed by atoms with E-state index in [9.17, 15) is 9.90 Å². The first-order valence-corrected chi connectivity index (χ1v) is 8.69. The third-order valence-corrected chi connectivity index (χ3v) is 4.55. The van der Waals surface area contributed by atoms with Gasteiger partial charge in [-0.1, -0.05) is 20.8 Å². The van der Waals surface area contributed by atoms with Gasteiger partial charge in [0.15, 0.2) is 9.53 Å². The fourth-order valence-electron chi connectivity index (χ4n) is 2.81. The summed E-state index contributed by atoms with van der Waals surface area (Å²) in [5.41, 5.74) is 3.86. The molecule has 122 valence electrons. The Morgan fingerprint density at radius 2 is 2.13 bits per heavy atom. The monoisotopic (exact) mass is 426 g/mol. The summed E-state index contributed by atoms with van der Waals surface area (Å²) in [6.07, 6.45) is 4.18. The van der Waals surface area contributed by atoms with Gasteiger partial charge in [-0.15, -0.1) is 0 Å². The Bertz CT molecular complexity index is 777. The third kappa shape index (κ3) is 3.24. The Labute approximate surface area is 148 Å². The largest absolute Gasteiger partial charge is 0.476 e. The van der Waals surface area contributed by atoms with Crippen LogP contribution in [0.4, 0.5) is 0 Å². The van der Waals surface area contributed by atoms with Crippen LogP contribution in [-0.2, 0) is 19.4 Å². The molecule has 1 aliphatic carbocycles. The van der Waals surface area contributed by atoms with Crippen LogP contribution >= 0.6 is 22.6 Å². The maximum atomic E-state index is 11.6.